The molecule has 0 amide bonds. The second-order valence-corrected chi connectivity index (χ2v) is 4.81. The Morgan fingerprint density at radius 2 is 1.71 bits per heavy atom. The summed E-state index contributed by atoms with van der Waals surface area (Å²) >= 11 is 0. The number of hydrogen-bond donors (Lipinski definition) is 1. The lowest BCUT2D eigenvalue weighted by molar-refractivity contribution is 0.598. The van der Waals surface area contributed by atoms with Crippen molar-refractivity contribution in [2.75, 3.05) is 0 Å². The van der Waals surface area contributed by atoms with Gasteiger partial charge in [0.25, 0.3) is 0 Å². The van der Waals surface area contributed by atoms with Gasteiger partial charge >= 0.3 is 0 Å². The van der Waals surface area contributed by atoms with Crippen LogP contribution >= 0.6 is 0 Å². The molecule has 0 radical (unpaired) electrons. The van der Waals surface area contributed by atoms with Gasteiger partial charge in [0, 0.05) is 11.4 Å². The molecule has 1 aliphatic carbocycles. The van der Waals surface area contributed by atoms with Gasteiger partial charge in [0.05, 0.1) is 0 Å². The molecule has 0 bridgehead atoms. The first kappa shape index (κ1) is 12.0. The molecule has 0 unspecified atom stereocenters. The molecule has 1 aromatic carbocycles. The third-order valence-corrected chi connectivity index (χ3v) is 3.21. The van der Waals surface area contributed by atoms with Crippen LogP contribution in [0.5, 0.6) is 0 Å². The molecule has 1 saturated carbocycles. The predicted molar refractivity (Wildman–Crippen MR) is 74.4 cm³/mol. The summed E-state index contributed by atoms with van der Waals surface area (Å²) in [6, 6.07) is 10.6. The normalized spacial score (nSPS) is 15.5. The lowest BCUT2D eigenvalue weighted by Gasteiger charge is -2.21. The average molecular weight is 227 g/mol. The molecule has 0 aliphatic heterocycles. The first-order chi connectivity index (χ1) is 8.27. The molecule has 1 nitrogen and oxygen atoms in total. The van der Waals surface area contributed by atoms with Gasteiger partial charge in [-0.3, -0.25) is 0 Å². The smallest absolute Gasteiger partial charge is 0.0447 e. The summed E-state index contributed by atoms with van der Waals surface area (Å²) in [6.45, 7) is 5.99. The summed E-state index contributed by atoms with van der Waals surface area (Å²) in [5.41, 5.74) is 5.15. The molecule has 0 atom stereocenters. The van der Waals surface area contributed by atoms with E-state index in [1.807, 2.05) is 6.92 Å². The van der Waals surface area contributed by atoms with Gasteiger partial charge in [-0.05, 0) is 43.7 Å². The van der Waals surface area contributed by atoms with E-state index in [9.17, 15) is 0 Å². The highest BCUT2D eigenvalue weighted by atomic mass is 14.9. The molecule has 0 saturated heterocycles. The second kappa shape index (κ2) is 5.72. The zero-order valence-electron chi connectivity index (χ0n) is 10.6. The van der Waals surface area contributed by atoms with E-state index in [0.717, 1.165) is 5.70 Å². The Bertz CT molecular complexity index is 406. The topological polar surface area (TPSA) is 12.0 Å². The first-order valence-corrected chi connectivity index (χ1v) is 6.47. The van der Waals surface area contributed by atoms with Gasteiger partial charge in [-0.25, -0.2) is 0 Å². The van der Waals surface area contributed by atoms with Gasteiger partial charge < -0.3 is 5.32 Å². The van der Waals surface area contributed by atoms with Gasteiger partial charge in [0.2, 0.25) is 0 Å². The van der Waals surface area contributed by atoms with Crippen molar-refractivity contribution in [1.82, 2.24) is 5.32 Å². The highest BCUT2D eigenvalue weighted by Crippen LogP contribution is 2.29. The van der Waals surface area contributed by atoms with E-state index >= 15 is 0 Å². The zero-order valence-corrected chi connectivity index (χ0v) is 10.6. The molecule has 1 fully saturated rings. The lowest BCUT2D eigenvalue weighted by atomic mass is 9.91. The lowest BCUT2D eigenvalue weighted by Crippen LogP contribution is -2.13. The number of allylic oxidation sites excluding steroid dienone is 2. The van der Waals surface area contributed by atoms with Crippen LogP contribution in [-0.4, -0.2) is 0 Å². The van der Waals surface area contributed by atoms with E-state index in [1.165, 1.54) is 43.4 Å². The Morgan fingerprint density at radius 1 is 1.06 bits per heavy atom. The van der Waals surface area contributed by atoms with Crippen molar-refractivity contribution < 1.29 is 0 Å². The summed E-state index contributed by atoms with van der Waals surface area (Å²) in [4.78, 5) is 0. The predicted octanol–water partition coefficient (Wildman–Crippen LogP) is 4.49. The summed E-state index contributed by atoms with van der Waals surface area (Å²) in [5, 5.41) is 3.45. The minimum absolute atomic E-state index is 1.02. The molecule has 0 spiro atoms. The van der Waals surface area contributed by atoms with Gasteiger partial charge in [0.15, 0.2) is 0 Å². The molecule has 2 rings (SSSR count). The Labute approximate surface area is 104 Å². The Morgan fingerprint density at radius 3 is 2.29 bits per heavy atom. The van der Waals surface area contributed by atoms with E-state index in [4.69, 9.17) is 0 Å². The average Bonchev–Trinajstić information content (AvgIpc) is 2.38. The highest BCUT2D eigenvalue weighted by molar-refractivity contribution is 5.68. The Balaban J connectivity index is 2.33. The van der Waals surface area contributed by atoms with Crippen molar-refractivity contribution >= 4 is 5.70 Å². The quantitative estimate of drug-likeness (QED) is 0.802. The van der Waals surface area contributed by atoms with Gasteiger partial charge in [0.1, 0.15) is 0 Å². The first-order valence-electron chi connectivity index (χ1n) is 6.47. The molecular formula is C16H21N. The van der Waals surface area contributed by atoms with E-state index in [-0.39, 0.29) is 0 Å². The van der Waals surface area contributed by atoms with Crippen LogP contribution in [0.2, 0.25) is 0 Å². The van der Waals surface area contributed by atoms with Crippen LogP contribution in [0.1, 0.15) is 44.6 Å². The van der Waals surface area contributed by atoms with Gasteiger partial charge in [-0.15, -0.1) is 0 Å². The van der Waals surface area contributed by atoms with Crippen LogP contribution in [-0.2, 0) is 0 Å². The van der Waals surface area contributed by atoms with Gasteiger partial charge in [-0.2, -0.15) is 0 Å². The summed E-state index contributed by atoms with van der Waals surface area (Å²) in [5.74, 6) is 0. The molecule has 1 N–H and O–H groups in total. The van der Waals surface area contributed by atoms with Crippen molar-refractivity contribution in [3.8, 4) is 0 Å². The maximum absolute atomic E-state index is 3.97. The van der Waals surface area contributed by atoms with Crippen LogP contribution in [0.15, 0.2) is 48.2 Å². The Kier molecular flexibility index (Phi) is 4.03. The molecule has 1 heteroatoms. The highest BCUT2D eigenvalue weighted by Gasteiger charge is 2.12. The minimum atomic E-state index is 1.02. The number of benzene rings is 1. The van der Waals surface area contributed by atoms with Crippen molar-refractivity contribution in [3.63, 3.8) is 0 Å². The summed E-state index contributed by atoms with van der Waals surface area (Å²) in [7, 11) is 0. The van der Waals surface area contributed by atoms with Crippen LogP contribution in [0.25, 0.3) is 5.70 Å². The van der Waals surface area contributed by atoms with E-state index in [2.05, 4.69) is 42.2 Å². The van der Waals surface area contributed by atoms with E-state index in [0.29, 0.717) is 0 Å². The maximum atomic E-state index is 3.97. The van der Waals surface area contributed by atoms with Crippen LogP contribution in [0.4, 0.5) is 0 Å². The molecule has 0 heterocycles. The fourth-order valence-electron chi connectivity index (χ4n) is 2.41. The van der Waals surface area contributed by atoms with E-state index in [1.54, 1.807) is 5.57 Å². The molecule has 1 aliphatic rings. The van der Waals surface area contributed by atoms with Crippen LogP contribution in [0.3, 0.4) is 0 Å². The second-order valence-electron chi connectivity index (χ2n) is 4.81. The standard InChI is InChI=1S/C16H21N/c1-13(2)17-16(14-9-5-3-6-10-14)15-11-7-4-8-12-15/h3,5-6,9-10,17H,1,4,7-8,11-12H2,2H3. The monoisotopic (exact) mass is 227 g/mol. The molecule has 1 aromatic rings. The number of rotatable bonds is 3. The van der Waals surface area contributed by atoms with Crippen molar-refractivity contribution in [2.45, 2.75) is 39.0 Å². The third kappa shape index (κ3) is 3.23. The van der Waals surface area contributed by atoms with Gasteiger partial charge in [-0.1, -0.05) is 43.3 Å². The fraction of sp³-hybridized carbons (Fsp3) is 0.375. The van der Waals surface area contributed by atoms with E-state index < -0.39 is 0 Å². The van der Waals surface area contributed by atoms with Crippen LogP contribution < -0.4 is 5.32 Å². The van der Waals surface area contributed by atoms with Crippen molar-refractivity contribution in [3.05, 3.63) is 53.7 Å². The molecule has 17 heavy (non-hydrogen) atoms. The summed E-state index contributed by atoms with van der Waals surface area (Å²) in [6.07, 6.45) is 6.47. The molecular weight excluding hydrogens is 206 g/mol. The summed E-state index contributed by atoms with van der Waals surface area (Å²) < 4.78 is 0. The fourth-order valence-corrected chi connectivity index (χ4v) is 2.41. The zero-order chi connectivity index (χ0) is 12.1. The maximum Gasteiger partial charge on any atom is 0.0447 e. The largest absolute Gasteiger partial charge is 0.359 e. The Hall–Kier alpha value is -1.50. The minimum Gasteiger partial charge on any atom is -0.359 e. The molecule has 90 valence electrons. The van der Waals surface area contributed by atoms with Crippen molar-refractivity contribution in [2.24, 2.45) is 0 Å². The SMILES string of the molecule is C=C(C)NC(=C1CCCCC1)c1ccccc1. The number of hydrogen-bond acceptors (Lipinski definition) is 1. The van der Waals surface area contributed by atoms with Crippen LogP contribution in [0, 0.1) is 0 Å². The number of nitrogens with one attached hydrogen (secondary N) is 1. The van der Waals surface area contributed by atoms with Crippen molar-refractivity contribution in [1.29, 1.82) is 0 Å². The third-order valence-electron chi connectivity index (χ3n) is 3.21. The molecule has 0 aromatic heterocycles.